The zero-order valence-corrected chi connectivity index (χ0v) is 10.2. The predicted molar refractivity (Wildman–Crippen MR) is 63.9 cm³/mol. The first-order valence-electron chi connectivity index (χ1n) is 6.30. The molecule has 1 aliphatic carbocycles. The van der Waals surface area contributed by atoms with Gasteiger partial charge < -0.3 is 15.8 Å². The molecule has 3 N–H and O–H groups in total. The molecule has 0 bridgehead atoms. The Morgan fingerprint density at radius 3 is 2.73 bits per heavy atom. The van der Waals surface area contributed by atoms with Crippen LogP contribution in [0.1, 0.15) is 46.0 Å². The highest BCUT2D eigenvalue weighted by atomic mass is 16.5. The van der Waals surface area contributed by atoms with Crippen LogP contribution in [-0.2, 0) is 4.74 Å². The summed E-state index contributed by atoms with van der Waals surface area (Å²) in [4.78, 5) is 0. The van der Waals surface area contributed by atoms with Crippen molar-refractivity contribution in [1.82, 2.24) is 5.32 Å². The predicted octanol–water partition coefficient (Wildman–Crippen LogP) is 1.66. The lowest BCUT2D eigenvalue weighted by atomic mass is 9.91. The highest BCUT2D eigenvalue weighted by Crippen LogP contribution is 2.16. The van der Waals surface area contributed by atoms with E-state index in [1.165, 1.54) is 25.7 Å². The van der Waals surface area contributed by atoms with Gasteiger partial charge in [-0.25, -0.2) is 0 Å². The van der Waals surface area contributed by atoms with Crippen molar-refractivity contribution >= 4 is 0 Å². The zero-order chi connectivity index (χ0) is 11.1. The van der Waals surface area contributed by atoms with Gasteiger partial charge in [0.1, 0.15) is 0 Å². The minimum atomic E-state index is 0.349. The highest BCUT2D eigenvalue weighted by molar-refractivity contribution is 4.83. The molecule has 0 radical (unpaired) electrons. The Kier molecular flexibility index (Phi) is 6.22. The summed E-state index contributed by atoms with van der Waals surface area (Å²) in [6.45, 7) is 6.03. The number of nitrogens with two attached hydrogens (primary N) is 1. The number of hydrogen-bond donors (Lipinski definition) is 2. The average molecular weight is 214 g/mol. The Hall–Kier alpha value is -0.120. The quantitative estimate of drug-likeness (QED) is 0.661. The summed E-state index contributed by atoms with van der Waals surface area (Å²) in [7, 11) is 0. The van der Waals surface area contributed by atoms with E-state index in [-0.39, 0.29) is 0 Å². The largest absolute Gasteiger partial charge is 0.379 e. The van der Waals surface area contributed by atoms with E-state index in [9.17, 15) is 0 Å². The molecule has 1 saturated carbocycles. The van der Waals surface area contributed by atoms with Crippen LogP contribution in [0, 0.1) is 0 Å². The average Bonchev–Trinajstić information content (AvgIpc) is 2.20. The molecular formula is C12H26N2O. The molecule has 1 fully saturated rings. The first kappa shape index (κ1) is 12.9. The van der Waals surface area contributed by atoms with Crippen LogP contribution in [0.3, 0.4) is 0 Å². The third kappa shape index (κ3) is 5.50. The molecule has 0 heterocycles. The van der Waals surface area contributed by atoms with Crippen LogP contribution in [-0.4, -0.2) is 31.3 Å². The smallest absolute Gasteiger partial charge is 0.0518 e. The molecule has 0 amide bonds. The van der Waals surface area contributed by atoms with Crippen LogP contribution >= 0.6 is 0 Å². The molecule has 0 aromatic carbocycles. The van der Waals surface area contributed by atoms with E-state index in [0.29, 0.717) is 18.2 Å². The third-order valence-corrected chi connectivity index (χ3v) is 3.00. The molecule has 0 unspecified atom stereocenters. The van der Waals surface area contributed by atoms with Crippen LogP contribution in [0.5, 0.6) is 0 Å². The van der Waals surface area contributed by atoms with Crippen molar-refractivity contribution in [2.45, 2.75) is 64.1 Å². The highest BCUT2D eigenvalue weighted by Gasteiger charge is 2.20. The summed E-state index contributed by atoms with van der Waals surface area (Å²) < 4.78 is 5.49. The molecule has 0 aliphatic heterocycles. The molecular weight excluding hydrogens is 188 g/mol. The standard InChI is InChI=1S/C12H26N2O/c1-10(2)15-9-5-8-14-12-7-4-3-6-11(12)13/h10-12,14H,3-9,13H2,1-2H3/t11-,12+/m1/s1. The first-order chi connectivity index (χ1) is 7.20. The van der Waals surface area contributed by atoms with Crippen LogP contribution in [0.4, 0.5) is 0 Å². The molecule has 15 heavy (non-hydrogen) atoms. The van der Waals surface area contributed by atoms with Gasteiger partial charge >= 0.3 is 0 Å². The SMILES string of the molecule is CC(C)OCCCN[C@H]1CCCC[C@H]1N. The van der Waals surface area contributed by atoms with Crippen LogP contribution in [0.15, 0.2) is 0 Å². The summed E-state index contributed by atoms with van der Waals surface area (Å²) in [6, 6.07) is 0.905. The molecule has 1 aliphatic rings. The van der Waals surface area contributed by atoms with Gasteiger partial charge in [0.2, 0.25) is 0 Å². The van der Waals surface area contributed by atoms with Gasteiger partial charge in [-0.15, -0.1) is 0 Å². The fraction of sp³-hybridized carbons (Fsp3) is 1.00. The van der Waals surface area contributed by atoms with Crippen LogP contribution in [0.25, 0.3) is 0 Å². The third-order valence-electron chi connectivity index (χ3n) is 3.00. The maximum Gasteiger partial charge on any atom is 0.0518 e. The van der Waals surface area contributed by atoms with Crippen LogP contribution in [0.2, 0.25) is 0 Å². The summed E-state index contributed by atoms with van der Waals surface area (Å²) >= 11 is 0. The van der Waals surface area contributed by atoms with E-state index < -0.39 is 0 Å². The lowest BCUT2D eigenvalue weighted by Crippen LogP contribution is -2.47. The van der Waals surface area contributed by atoms with E-state index in [4.69, 9.17) is 10.5 Å². The van der Waals surface area contributed by atoms with E-state index in [1.807, 2.05) is 0 Å². The normalized spacial score (nSPS) is 27.2. The fourth-order valence-corrected chi connectivity index (χ4v) is 2.09. The van der Waals surface area contributed by atoms with Gasteiger partial charge in [0, 0.05) is 18.7 Å². The molecule has 1 rings (SSSR count). The van der Waals surface area contributed by atoms with Gasteiger partial charge in [-0.2, -0.15) is 0 Å². The molecule has 0 spiro atoms. The minimum Gasteiger partial charge on any atom is -0.379 e. The molecule has 2 atom stereocenters. The molecule has 0 saturated heterocycles. The second-order valence-electron chi connectivity index (χ2n) is 4.78. The van der Waals surface area contributed by atoms with E-state index in [0.717, 1.165) is 19.6 Å². The van der Waals surface area contributed by atoms with Gasteiger partial charge in [-0.05, 0) is 39.7 Å². The van der Waals surface area contributed by atoms with Crippen molar-refractivity contribution in [2.75, 3.05) is 13.2 Å². The minimum absolute atomic E-state index is 0.349. The lowest BCUT2D eigenvalue weighted by Gasteiger charge is -2.29. The van der Waals surface area contributed by atoms with Crippen molar-refractivity contribution in [3.05, 3.63) is 0 Å². The van der Waals surface area contributed by atoms with E-state index in [1.54, 1.807) is 0 Å². The Morgan fingerprint density at radius 1 is 1.33 bits per heavy atom. The van der Waals surface area contributed by atoms with Crippen molar-refractivity contribution in [1.29, 1.82) is 0 Å². The van der Waals surface area contributed by atoms with Crippen LogP contribution < -0.4 is 11.1 Å². The number of nitrogens with one attached hydrogen (secondary N) is 1. The molecule has 3 nitrogen and oxygen atoms in total. The van der Waals surface area contributed by atoms with Gasteiger partial charge in [-0.3, -0.25) is 0 Å². The molecule has 0 aromatic heterocycles. The topological polar surface area (TPSA) is 47.3 Å². The maximum atomic E-state index is 6.05. The summed E-state index contributed by atoms with van der Waals surface area (Å²) in [6.07, 6.45) is 6.49. The molecule has 0 aromatic rings. The summed E-state index contributed by atoms with van der Waals surface area (Å²) in [5.74, 6) is 0. The maximum absolute atomic E-state index is 6.05. The first-order valence-corrected chi connectivity index (χ1v) is 6.30. The Labute approximate surface area is 93.8 Å². The summed E-state index contributed by atoms with van der Waals surface area (Å²) in [5.41, 5.74) is 6.05. The number of hydrogen-bond acceptors (Lipinski definition) is 3. The second-order valence-corrected chi connectivity index (χ2v) is 4.78. The van der Waals surface area contributed by atoms with Gasteiger partial charge in [-0.1, -0.05) is 12.8 Å². The molecule has 3 heteroatoms. The van der Waals surface area contributed by atoms with E-state index >= 15 is 0 Å². The number of rotatable bonds is 6. The van der Waals surface area contributed by atoms with Gasteiger partial charge in [0.15, 0.2) is 0 Å². The van der Waals surface area contributed by atoms with E-state index in [2.05, 4.69) is 19.2 Å². The lowest BCUT2D eigenvalue weighted by molar-refractivity contribution is 0.0763. The van der Waals surface area contributed by atoms with Crippen molar-refractivity contribution < 1.29 is 4.74 Å². The Bertz CT molecular complexity index is 162. The van der Waals surface area contributed by atoms with Crippen molar-refractivity contribution in [3.63, 3.8) is 0 Å². The van der Waals surface area contributed by atoms with Gasteiger partial charge in [0.05, 0.1) is 6.10 Å². The molecule has 90 valence electrons. The Balaban J connectivity index is 1.99. The fourth-order valence-electron chi connectivity index (χ4n) is 2.09. The summed E-state index contributed by atoms with van der Waals surface area (Å²) in [5, 5.41) is 3.54. The van der Waals surface area contributed by atoms with Gasteiger partial charge in [0.25, 0.3) is 0 Å². The van der Waals surface area contributed by atoms with Crippen molar-refractivity contribution in [3.8, 4) is 0 Å². The Morgan fingerprint density at radius 2 is 2.07 bits per heavy atom. The second kappa shape index (κ2) is 7.20. The zero-order valence-electron chi connectivity index (χ0n) is 10.2. The number of ether oxygens (including phenoxy) is 1. The van der Waals surface area contributed by atoms with Crippen molar-refractivity contribution in [2.24, 2.45) is 5.73 Å². The monoisotopic (exact) mass is 214 g/mol.